The fraction of sp³-hybridized carbons (Fsp3) is 0.722. The van der Waals surface area contributed by atoms with Crippen molar-refractivity contribution >= 4 is 17.9 Å². The fourth-order valence-corrected chi connectivity index (χ4v) is 6.72. The lowest BCUT2D eigenvalue weighted by molar-refractivity contribution is -0.166. The SMILES string of the molecule is CC/C=C\C/C=C\C/C=C\C/C=C\CCC(=O)OC(COC(=O)CCCCCCCCC/C=C\C/C=C\CCCCCC)COC(=O)CCCCCCCCCCCCC. The Morgan fingerprint density at radius 3 is 1.10 bits per heavy atom. The molecule has 0 rings (SSSR count). The van der Waals surface area contributed by atoms with Crippen LogP contribution in [0.4, 0.5) is 0 Å². The molecule has 0 heterocycles. The predicted octanol–water partition coefficient (Wildman–Crippen LogP) is 16.3. The van der Waals surface area contributed by atoms with Crippen LogP contribution in [0, 0.1) is 0 Å². The highest BCUT2D eigenvalue weighted by atomic mass is 16.6. The van der Waals surface area contributed by atoms with E-state index in [0.717, 1.165) is 77.0 Å². The van der Waals surface area contributed by atoms with Gasteiger partial charge < -0.3 is 14.2 Å². The molecule has 0 aliphatic carbocycles. The number of allylic oxidation sites excluding steroid dienone is 12. The average Bonchev–Trinajstić information content (AvgIpc) is 3.24. The second-order valence-electron chi connectivity index (χ2n) is 16.3. The molecule has 0 aromatic carbocycles. The van der Waals surface area contributed by atoms with E-state index in [4.69, 9.17) is 14.2 Å². The van der Waals surface area contributed by atoms with Crippen LogP contribution < -0.4 is 0 Å². The average molecular weight is 837 g/mol. The predicted molar refractivity (Wildman–Crippen MR) is 256 cm³/mol. The molecule has 0 aliphatic heterocycles. The summed E-state index contributed by atoms with van der Waals surface area (Å²) in [6.45, 7) is 6.42. The molecular weight excluding hydrogens is 745 g/mol. The summed E-state index contributed by atoms with van der Waals surface area (Å²) in [4.78, 5) is 37.8. The van der Waals surface area contributed by atoms with Crippen LogP contribution in [0.15, 0.2) is 72.9 Å². The Morgan fingerprint density at radius 2 is 0.683 bits per heavy atom. The van der Waals surface area contributed by atoms with Gasteiger partial charge in [0.2, 0.25) is 0 Å². The first-order valence-electron chi connectivity index (χ1n) is 24.9. The van der Waals surface area contributed by atoms with Crippen molar-refractivity contribution in [2.75, 3.05) is 13.2 Å². The molecule has 0 fully saturated rings. The zero-order valence-corrected chi connectivity index (χ0v) is 39.2. The van der Waals surface area contributed by atoms with E-state index in [1.54, 1.807) is 0 Å². The summed E-state index contributed by atoms with van der Waals surface area (Å²) < 4.78 is 16.7. The maximum Gasteiger partial charge on any atom is 0.306 e. The molecule has 0 saturated heterocycles. The van der Waals surface area contributed by atoms with Gasteiger partial charge in [-0.2, -0.15) is 0 Å². The highest BCUT2D eigenvalue weighted by Gasteiger charge is 2.19. The van der Waals surface area contributed by atoms with Gasteiger partial charge in [-0.1, -0.05) is 209 Å². The van der Waals surface area contributed by atoms with Gasteiger partial charge in [0, 0.05) is 19.3 Å². The lowest BCUT2D eigenvalue weighted by Gasteiger charge is -2.18. The van der Waals surface area contributed by atoms with Gasteiger partial charge in [-0.15, -0.1) is 0 Å². The van der Waals surface area contributed by atoms with Gasteiger partial charge in [0.25, 0.3) is 0 Å². The van der Waals surface area contributed by atoms with E-state index in [-0.39, 0.29) is 31.6 Å². The number of unbranched alkanes of at least 4 members (excludes halogenated alkanes) is 21. The summed E-state index contributed by atoms with van der Waals surface area (Å²) in [5.41, 5.74) is 0. The molecule has 6 heteroatoms. The third-order valence-corrected chi connectivity index (χ3v) is 10.5. The Labute approximate surface area is 370 Å². The van der Waals surface area contributed by atoms with E-state index in [1.165, 1.54) is 109 Å². The number of carbonyl (C=O) groups excluding carboxylic acids is 3. The van der Waals surface area contributed by atoms with Crippen LogP contribution in [0.25, 0.3) is 0 Å². The first kappa shape index (κ1) is 56.9. The standard InChI is InChI=1S/C54H92O6/c1-4-7-10-13-16-19-22-24-25-26-27-28-30-32-35-38-41-44-47-53(56)59-50-51(49-58-52(55)46-43-40-37-34-31-21-18-15-12-9-6-3)60-54(57)48-45-42-39-36-33-29-23-20-17-14-11-8-5-2/h8,11,17,19-20,22,25-26,29,33,39,42,51H,4-7,9-10,12-16,18,21,23-24,27-28,30-32,34-38,40-41,43-50H2,1-3H3/b11-8-,20-17-,22-19-,26-25-,33-29-,42-39-. The van der Waals surface area contributed by atoms with Crippen LogP contribution in [0.5, 0.6) is 0 Å². The molecule has 6 nitrogen and oxygen atoms in total. The van der Waals surface area contributed by atoms with Crippen molar-refractivity contribution in [2.45, 2.75) is 239 Å². The molecule has 0 aliphatic rings. The molecule has 344 valence electrons. The van der Waals surface area contributed by atoms with Crippen molar-refractivity contribution in [1.29, 1.82) is 0 Å². The summed E-state index contributed by atoms with van der Waals surface area (Å²) in [6.07, 6.45) is 60.4. The van der Waals surface area contributed by atoms with E-state index < -0.39 is 12.1 Å². The Balaban J connectivity index is 4.44. The quantitative estimate of drug-likeness (QED) is 0.0263. The largest absolute Gasteiger partial charge is 0.462 e. The number of rotatable bonds is 44. The first-order chi connectivity index (χ1) is 29.5. The molecule has 0 saturated carbocycles. The smallest absolute Gasteiger partial charge is 0.306 e. The normalized spacial score (nSPS) is 12.7. The monoisotopic (exact) mass is 837 g/mol. The zero-order valence-electron chi connectivity index (χ0n) is 39.2. The van der Waals surface area contributed by atoms with Crippen LogP contribution in [-0.4, -0.2) is 37.2 Å². The van der Waals surface area contributed by atoms with Crippen LogP contribution in [-0.2, 0) is 28.6 Å². The van der Waals surface area contributed by atoms with Crippen LogP contribution in [0.3, 0.4) is 0 Å². The van der Waals surface area contributed by atoms with E-state index in [1.807, 2.05) is 12.2 Å². The van der Waals surface area contributed by atoms with Crippen molar-refractivity contribution in [3.05, 3.63) is 72.9 Å². The number of ether oxygens (including phenoxy) is 3. The first-order valence-corrected chi connectivity index (χ1v) is 24.9. The number of hydrogen-bond donors (Lipinski definition) is 0. The minimum atomic E-state index is -0.813. The lowest BCUT2D eigenvalue weighted by Crippen LogP contribution is -2.30. The molecule has 0 spiro atoms. The van der Waals surface area contributed by atoms with Crippen molar-refractivity contribution < 1.29 is 28.6 Å². The highest BCUT2D eigenvalue weighted by Crippen LogP contribution is 2.14. The molecule has 0 amide bonds. The molecule has 0 bridgehead atoms. The van der Waals surface area contributed by atoms with Gasteiger partial charge in [-0.3, -0.25) is 14.4 Å². The Kier molecular flexibility index (Phi) is 46.0. The van der Waals surface area contributed by atoms with Crippen molar-refractivity contribution in [2.24, 2.45) is 0 Å². The van der Waals surface area contributed by atoms with Crippen LogP contribution in [0.2, 0.25) is 0 Å². The fourth-order valence-electron chi connectivity index (χ4n) is 6.72. The van der Waals surface area contributed by atoms with Crippen molar-refractivity contribution in [1.82, 2.24) is 0 Å². The number of esters is 3. The zero-order chi connectivity index (χ0) is 43.7. The van der Waals surface area contributed by atoms with E-state index in [0.29, 0.717) is 19.3 Å². The summed E-state index contributed by atoms with van der Waals surface area (Å²) >= 11 is 0. The van der Waals surface area contributed by atoms with E-state index >= 15 is 0 Å². The molecular formula is C54H92O6. The minimum Gasteiger partial charge on any atom is -0.462 e. The maximum absolute atomic E-state index is 12.7. The molecule has 60 heavy (non-hydrogen) atoms. The van der Waals surface area contributed by atoms with E-state index in [9.17, 15) is 14.4 Å². The van der Waals surface area contributed by atoms with Gasteiger partial charge >= 0.3 is 17.9 Å². The van der Waals surface area contributed by atoms with Gasteiger partial charge in [0.15, 0.2) is 6.10 Å². The Bertz CT molecular complexity index is 1140. The molecule has 0 radical (unpaired) electrons. The van der Waals surface area contributed by atoms with E-state index in [2.05, 4.69) is 81.5 Å². The third-order valence-electron chi connectivity index (χ3n) is 10.5. The van der Waals surface area contributed by atoms with Crippen molar-refractivity contribution in [3.63, 3.8) is 0 Å². The van der Waals surface area contributed by atoms with Crippen LogP contribution in [0.1, 0.15) is 233 Å². The Morgan fingerprint density at radius 1 is 0.350 bits per heavy atom. The van der Waals surface area contributed by atoms with Gasteiger partial charge in [-0.05, 0) is 77.0 Å². The summed E-state index contributed by atoms with van der Waals surface area (Å²) in [5.74, 6) is -0.997. The summed E-state index contributed by atoms with van der Waals surface area (Å²) in [6, 6.07) is 0. The lowest BCUT2D eigenvalue weighted by atomic mass is 10.1. The summed E-state index contributed by atoms with van der Waals surface area (Å²) in [5, 5.41) is 0. The molecule has 1 atom stereocenters. The van der Waals surface area contributed by atoms with Gasteiger partial charge in [0.05, 0.1) is 0 Å². The second-order valence-corrected chi connectivity index (χ2v) is 16.3. The molecule has 0 aromatic rings. The van der Waals surface area contributed by atoms with Crippen molar-refractivity contribution in [3.8, 4) is 0 Å². The van der Waals surface area contributed by atoms with Crippen LogP contribution >= 0.6 is 0 Å². The van der Waals surface area contributed by atoms with Gasteiger partial charge in [0.1, 0.15) is 13.2 Å². The second kappa shape index (κ2) is 48.5. The molecule has 0 aromatic heterocycles. The topological polar surface area (TPSA) is 78.9 Å². The number of hydrogen-bond acceptors (Lipinski definition) is 6. The molecule has 0 N–H and O–H groups in total. The van der Waals surface area contributed by atoms with Gasteiger partial charge in [-0.25, -0.2) is 0 Å². The Hall–Kier alpha value is -3.15. The third kappa shape index (κ3) is 45.9. The number of carbonyl (C=O) groups is 3. The maximum atomic E-state index is 12.7. The highest BCUT2D eigenvalue weighted by molar-refractivity contribution is 5.71. The molecule has 1 unspecified atom stereocenters. The summed E-state index contributed by atoms with van der Waals surface area (Å²) in [7, 11) is 0. The minimum absolute atomic E-state index is 0.105.